The number of primary amides is 1. The third-order valence-electron chi connectivity index (χ3n) is 0.530. The molecule has 2 N–H and O–H groups in total. The van der Waals surface area contributed by atoms with E-state index in [1.165, 1.54) is 0 Å². The Bertz CT molecular complexity index is 136. The highest BCUT2D eigenvalue weighted by molar-refractivity contribution is 5.84. The smallest absolute Gasteiger partial charge is 0.240 e. The van der Waals surface area contributed by atoms with Gasteiger partial charge in [-0.05, 0) is 13.0 Å². The summed E-state index contributed by atoms with van der Waals surface area (Å²) in [4.78, 5) is 9.47. The summed E-state index contributed by atoms with van der Waals surface area (Å²) in [5.74, 6) is -0.481. The minimum atomic E-state index is -0.481. The normalized spacial score (nSPS) is 7.70. The summed E-state index contributed by atoms with van der Waals surface area (Å²) in [6.07, 6.45) is 6.63. The maximum absolute atomic E-state index is 9.47. The summed E-state index contributed by atoms with van der Waals surface area (Å²) in [6.45, 7) is 8.51. The zero-order chi connectivity index (χ0) is 8.41. The van der Waals surface area contributed by atoms with E-state index in [0.29, 0.717) is 0 Å². The summed E-state index contributed by atoms with van der Waals surface area (Å²) in [5.41, 5.74) is 4.53. The molecule has 0 saturated heterocycles. The van der Waals surface area contributed by atoms with Gasteiger partial charge in [0.25, 0.3) is 0 Å². The summed E-state index contributed by atoms with van der Waals surface area (Å²) in [7, 11) is 0. The van der Waals surface area contributed by atoms with Crippen molar-refractivity contribution in [2.24, 2.45) is 5.73 Å². The average Bonchev–Trinajstić information content (AvgIpc) is 1.91. The molecule has 0 aliphatic heterocycles. The molecule has 0 aromatic carbocycles. The van der Waals surface area contributed by atoms with Crippen LogP contribution in [0, 0.1) is 0 Å². The third kappa shape index (κ3) is 29.9. The van der Waals surface area contributed by atoms with Crippen molar-refractivity contribution >= 4 is 5.91 Å². The fraction of sp³-hybridized carbons (Fsp3) is 0.125. The van der Waals surface area contributed by atoms with Gasteiger partial charge in [0.15, 0.2) is 0 Å². The number of carbonyl (C=O) groups excluding carboxylic acids is 1. The monoisotopic (exact) mass is 139 g/mol. The third-order valence-corrected chi connectivity index (χ3v) is 0.530. The molecule has 0 aliphatic rings. The van der Waals surface area contributed by atoms with Crippen LogP contribution < -0.4 is 5.73 Å². The number of carbonyl (C=O) groups is 1. The summed E-state index contributed by atoms with van der Waals surface area (Å²) >= 11 is 0. The predicted octanol–water partition coefficient (Wildman–Crippen LogP) is 1.41. The Morgan fingerprint density at radius 2 is 1.90 bits per heavy atom. The molecule has 0 saturated carbocycles. The van der Waals surface area contributed by atoms with Crippen molar-refractivity contribution in [3.63, 3.8) is 0 Å². The Labute approximate surface area is 61.7 Å². The van der Waals surface area contributed by atoms with Crippen LogP contribution in [0.3, 0.4) is 0 Å². The zero-order valence-corrected chi connectivity index (χ0v) is 6.21. The molecule has 0 aromatic heterocycles. The van der Waals surface area contributed by atoms with Crippen LogP contribution in [0.1, 0.15) is 6.92 Å². The van der Waals surface area contributed by atoms with E-state index in [9.17, 15) is 4.79 Å². The molecule has 0 bridgehead atoms. The van der Waals surface area contributed by atoms with E-state index in [4.69, 9.17) is 0 Å². The molecule has 0 spiro atoms. The molecule has 0 atom stereocenters. The highest BCUT2D eigenvalue weighted by Crippen LogP contribution is 1.64. The van der Waals surface area contributed by atoms with E-state index in [0.717, 1.165) is 6.08 Å². The van der Waals surface area contributed by atoms with Crippen molar-refractivity contribution in [1.29, 1.82) is 0 Å². The van der Waals surface area contributed by atoms with Crippen LogP contribution in [-0.4, -0.2) is 5.91 Å². The van der Waals surface area contributed by atoms with Crippen molar-refractivity contribution in [2.75, 3.05) is 0 Å². The van der Waals surface area contributed by atoms with Crippen molar-refractivity contribution < 1.29 is 4.79 Å². The van der Waals surface area contributed by atoms with Gasteiger partial charge < -0.3 is 5.73 Å². The fourth-order valence-electron chi connectivity index (χ4n) is 0.136. The van der Waals surface area contributed by atoms with E-state index in [1.54, 1.807) is 6.08 Å². The number of hydrogen-bond donors (Lipinski definition) is 1. The lowest BCUT2D eigenvalue weighted by Crippen LogP contribution is -2.04. The number of allylic oxidation sites excluding steroid dienone is 3. The zero-order valence-electron chi connectivity index (χ0n) is 6.21. The molecule has 0 aromatic rings. The second-order valence-corrected chi connectivity index (χ2v) is 1.37. The molecule has 2 heteroatoms. The molecular weight excluding hydrogens is 126 g/mol. The maximum Gasteiger partial charge on any atom is 0.240 e. The van der Waals surface area contributed by atoms with Crippen LogP contribution in [0.25, 0.3) is 0 Å². The first-order valence-electron chi connectivity index (χ1n) is 2.84. The van der Waals surface area contributed by atoms with Gasteiger partial charge >= 0.3 is 0 Å². The topological polar surface area (TPSA) is 43.1 Å². The average molecular weight is 139 g/mol. The lowest BCUT2D eigenvalue weighted by Gasteiger charge is -1.65. The molecule has 56 valence electrons. The van der Waals surface area contributed by atoms with Crippen LogP contribution in [0.5, 0.6) is 0 Å². The Hall–Kier alpha value is -1.31. The van der Waals surface area contributed by atoms with Crippen LogP contribution in [0.4, 0.5) is 0 Å². The summed E-state index contributed by atoms with van der Waals surface area (Å²) in [5, 5.41) is 0. The van der Waals surface area contributed by atoms with Gasteiger partial charge in [-0.25, -0.2) is 0 Å². The number of amides is 1. The Balaban J connectivity index is 0. The molecule has 0 radical (unpaired) electrons. The van der Waals surface area contributed by atoms with Crippen molar-refractivity contribution in [1.82, 2.24) is 0 Å². The Kier molecular flexibility index (Phi) is 12.2. The van der Waals surface area contributed by atoms with Crippen molar-refractivity contribution in [2.45, 2.75) is 6.92 Å². The first-order valence-corrected chi connectivity index (χ1v) is 2.84. The van der Waals surface area contributed by atoms with Crippen LogP contribution in [0.15, 0.2) is 37.5 Å². The molecule has 0 unspecified atom stereocenters. The predicted molar refractivity (Wildman–Crippen MR) is 44.4 cm³/mol. The number of nitrogens with two attached hydrogens (primary N) is 1. The van der Waals surface area contributed by atoms with Gasteiger partial charge in [-0.15, -0.1) is 0 Å². The van der Waals surface area contributed by atoms with E-state index in [-0.39, 0.29) is 0 Å². The Morgan fingerprint density at radius 1 is 1.50 bits per heavy atom. The van der Waals surface area contributed by atoms with Crippen LogP contribution >= 0.6 is 0 Å². The molecule has 1 amide bonds. The summed E-state index contributed by atoms with van der Waals surface area (Å²) in [6, 6.07) is 0. The quantitative estimate of drug-likeness (QED) is 0.456. The van der Waals surface area contributed by atoms with E-state index in [2.05, 4.69) is 18.9 Å². The molecule has 0 rings (SSSR count). The van der Waals surface area contributed by atoms with Gasteiger partial charge in [0.2, 0.25) is 5.91 Å². The van der Waals surface area contributed by atoms with Crippen LogP contribution in [-0.2, 0) is 4.79 Å². The maximum atomic E-state index is 9.47. The van der Waals surface area contributed by atoms with Gasteiger partial charge in [0.05, 0.1) is 0 Å². The summed E-state index contributed by atoms with van der Waals surface area (Å²) < 4.78 is 0. The number of rotatable bonds is 2. The first-order chi connectivity index (χ1) is 4.68. The largest absolute Gasteiger partial charge is 0.366 e. The molecular formula is C8H13NO. The molecule has 0 heterocycles. The molecule has 10 heavy (non-hydrogen) atoms. The molecule has 2 nitrogen and oxygen atoms in total. The van der Waals surface area contributed by atoms with E-state index in [1.807, 2.05) is 19.1 Å². The van der Waals surface area contributed by atoms with Gasteiger partial charge in [-0.3, -0.25) is 4.79 Å². The van der Waals surface area contributed by atoms with Crippen LogP contribution in [0.2, 0.25) is 0 Å². The van der Waals surface area contributed by atoms with E-state index >= 15 is 0 Å². The molecule has 0 aliphatic carbocycles. The second kappa shape index (κ2) is 10.6. The Morgan fingerprint density at radius 3 is 1.90 bits per heavy atom. The fourth-order valence-corrected chi connectivity index (χ4v) is 0.136. The SMILES string of the molecule is C=CC(N)=O.C=CC=CC. The number of hydrogen-bond acceptors (Lipinski definition) is 1. The van der Waals surface area contributed by atoms with Crippen molar-refractivity contribution in [3.05, 3.63) is 37.5 Å². The minimum Gasteiger partial charge on any atom is -0.366 e. The van der Waals surface area contributed by atoms with Gasteiger partial charge in [-0.1, -0.05) is 31.4 Å². The highest BCUT2D eigenvalue weighted by atomic mass is 16.1. The second-order valence-electron chi connectivity index (χ2n) is 1.37. The van der Waals surface area contributed by atoms with E-state index < -0.39 is 5.91 Å². The lowest BCUT2D eigenvalue weighted by molar-refractivity contribution is -0.113. The molecule has 0 fully saturated rings. The van der Waals surface area contributed by atoms with Crippen molar-refractivity contribution in [3.8, 4) is 0 Å². The van der Waals surface area contributed by atoms with Gasteiger partial charge in [-0.2, -0.15) is 0 Å². The highest BCUT2D eigenvalue weighted by Gasteiger charge is 1.69. The van der Waals surface area contributed by atoms with Gasteiger partial charge in [0.1, 0.15) is 0 Å². The van der Waals surface area contributed by atoms with Gasteiger partial charge in [0, 0.05) is 0 Å². The lowest BCUT2D eigenvalue weighted by atomic mass is 10.5. The first kappa shape index (κ1) is 11.5. The minimum absolute atomic E-state index is 0.481. The standard InChI is InChI=1S/C5H8.C3H5NO/c1-3-5-4-2;1-2-3(4)5/h3-5H,1H2,2H3;2H,1H2,(H2,4,5).